The third kappa shape index (κ3) is 4.39. The van der Waals surface area contributed by atoms with Gasteiger partial charge < -0.3 is 10.2 Å². The van der Waals surface area contributed by atoms with Crippen molar-refractivity contribution in [3.8, 4) is 0 Å². The van der Waals surface area contributed by atoms with E-state index >= 15 is 0 Å². The topological polar surface area (TPSA) is 32.3 Å². The Kier molecular flexibility index (Phi) is 5.51. The van der Waals surface area contributed by atoms with Crippen LogP contribution in [0.5, 0.6) is 0 Å². The van der Waals surface area contributed by atoms with Gasteiger partial charge in [0, 0.05) is 19.2 Å². The van der Waals surface area contributed by atoms with Crippen molar-refractivity contribution in [3.05, 3.63) is 41.7 Å². The van der Waals surface area contributed by atoms with E-state index in [1.165, 1.54) is 18.6 Å². The smallest absolute Gasteiger partial charge is 0.246 e. The fraction of sp³-hybridized carbons (Fsp3) is 0.471. The molecule has 0 bridgehead atoms. The molecule has 3 nitrogen and oxygen atoms in total. The van der Waals surface area contributed by atoms with E-state index in [9.17, 15) is 9.18 Å². The zero-order valence-electron chi connectivity index (χ0n) is 12.7. The number of carbonyl (C=O) groups excluding carboxylic acids is 1. The second-order valence-electron chi connectivity index (χ2n) is 5.68. The molecule has 0 aliphatic carbocycles. The van der Waals surface area contributed by atoms with Crippen LogP contribution in [0.3, 0.4) is 0 Å². The van der Waals surface area contributed by atoms with Crippen molar-refractivity contribution in [2.45, 2.75) is 19.8 Å². The van der Waals surface area contributed by atoms with Crippen LogP contribution < -0.4 is 5.32 Å². The highest BCUT2D eigenvalue weighted by Crippen LogP contribution is 2.18. The van der Waals surface area contributed by atoms with Crippen molar-refractivity contribution in [3.63, 3.8) is 0 Å². The van der Waals surface area contributed by atoms with E-state index in [2.05, 4.69) is 5.32 Å². The molecule has 1 atom stereocenters. The molecule has 0 radical (unpaired) electrons. The van der Waals surface area contributed by atoms with Gasteiger partial charge in [-0.2, -0.15) is 0 Å². The summed E-state index contributed by atoms with van der Waals surface area (Å²) in [6.45, 7) is 4.48. The number of hydrogen-bond donors (Lipinski definition) is 1. The Labute approximate surface area is 125 Å². The predicted molar refractivity (Wildman–Crippen MR) is 83.3 cm³/mol. The number of likely N-dealkylation sites (tertiary alicyclic amines) is 1. The SMILES string of the molecule is CNCC1CCCN(C(=O)C=C(C)c2ccc(F)cc2)C1. The van der Waals surface area contributed by atoms with E-state index in [0.29, 0.717) is 5.92 Å². The van der Waals surface area contributed by atoms with E-state index in [0.717, 1.165) is 37.2 Å². The third-order valence-electron chi connectivity index (χ3n) is 3.96. The van der Waals surface area contributed by atoms with Gasteiger partial charge in [-0.05, 0) is 62.5 Å². The summed E-state index contributed by atoms with van der Waals surface area (Å²) in [5.74, 6) is 0.327. The molecule has 1 aromatic rings. The van der Waals surface area contributed by atoms with Crippen LogP contribution in [-0.4, -0.2) is 37.5 Å². The summed E-state index contributed by atoms with van der Waals surface area (Å²) < 4.78 is 12.9. The normalized spacial score (nSPS) is 19.7. The molecule has 1 fully saturated rings. The van der Waals surface area contributed by atoms with E-state index in [4.69, 9.17) is 0 Å². The Hall–Kier alpha value is -1.68. The maximum absolute atomic E-state index is 12.9. The lowest BCUT2D eigenvalue weighted by atomic mass is 9.97. The quantitative estimate of drug-likeness (QED) is 0.865. The van der Waals surface area contributed by atoms with Gasteiger partial charge in [-0.1, -0.05) is 12.1 Å². The third-order valence-corrected chi connectivity index (χ3v) is 3.96. The van der Waals surface area contributed by atoms with Crippen LogP contribution in [0.25, 0.3) is 5.57 Å². The number of benzene rings is 1. The Morgan fingerprint density at radius 1 is 1.43 bits per heavy atom. The van der Waals surface area contributed by atoms with Gasteiger partial charge in [0.05, 0.1) is 0 Å². The molecule has 1 amide bonds. The minimum Gasteiger partial charge on any atom is -0.339 e. The number of halogens is 1. The van der Waals surface area contributed by atoms with Crippen LogP contribution in [0.15, 0.2) is 30.3 Å². The standard InChI is InChI=1S/C17H23FN2O/c1-13(15-5-7-16(18)8-6-15)10-17(21)20-9-3-4-14(12-20)11-19-2/h5-8,10,14,19H,3-4,9,11-12H2,1-2H3. The molecule has 0 spiro atoms. The molecule has 1 N–H and O–H groups in total. The molecular formula is C17H23FN2O. The van der Waals surface area contributed by atoms with Gasteiger partial charge in [0.25, 0.3) is 0 Å². The molecule has 1 unspecified atom stereocenters. The zero-order valence-corrected chi connectivity index (χ0v) is 12.7. The van der Waals surface area contributed by atoms with E-state index < -0.39 is 0 Å². The van der Waals surface area contributed by atoms with Crippen LogP contribution in [-0.2, 0) is 4.79 Å². The first-order valence-corrected chi connectivity index (χ1v) is 7.48. The summed E-state index contributed by atoms with van der Waals surface area (Å²) in [7, 11) is 1.94. The average Bonchev–Trinajstić information content (AvgIpc) is 2.48. The summed E-state index contributed by atoms with van der Waals surface area (Å²) in [4.78, 5) is 14.3. The van der Waals surface area contributed by atoms with Crippen LogP contribution in [0.2, 0.25) is 0 Å². The lowest BCUT2D eigenvalue weighted by Crippen LogP contribution is -2.41. The van der Waals surface area contributed by atoms with E-state index in [-0.39, 0.29) is 11.7 Å². The summed E-state index contributed by atoms with van der Waals surface area (Å²) in [5, 5.41) is 3.18. The van der Waals surface area contributed by atoms with Gasteiger partial charge in [-0.15, -0.1) is 0 Å². The number of piperidine rings is 1. The number of rotatable bonds is 4. The highest BCUT2D eigenvalue weighted by Gasteiger charge is 2.22. The summed E-state index contributed by atoms with van der Waals surface area (Å²) >= 11 is 0. The largest absolute Gasteiger partial charge is 0.339 e. The molecule has 1 heterocycles. The Morgan fingerprint density at radius 2 is 2.14 bits per heavy atom. The Bertz CT molecular complexity index is 508. The average molecular weight is 290 g/mol. The molecule has 4 heteroatoms. The van der Waals surface area contributed by atoms with E-state index in [1.807, 2.05) is 18.9 Å². The number of hydrogen-bond acceptors (Lipinski definition) is 2. The minimum absolute atomic E-state index is 0.0534. The monoisotopic (exact) mass is 290 g/mol. The van der Waals surface area contributed by atoms with E-state index in [1.54, 1.807) is 18.2 Å². The number of carbonyl (C=O) groups is 1. The molecule has 1 aromatic carbocycles. The first-order chi connectivity index (χ1) is 10.1. The molecule has 1 aliphatic heterocycles. The maximum atomic E-state index is 12.9. The first-order valence-electron chi connectivity index (χ1n) is 7.48. The maximum Gasteiger partial charge on any atom is 0.246 e. The number of amides is 1. The number of nitrogens with zero attached hydrogens (tertiary/aromatic N) is 1. The predicted octanol–water partition coefficient (Wildman–Crippen LogP) is 2.69. The zero-order chi connectivity index (χ0) is 15.2. The van der Waals surface area contributed by atoms with Crippen molar-refractivity contribution in [1.29, 1.82) is 0 Å². The van der Waals surface area contributed by atoms with Gasteiger partial charge in [0.1, 0.15) is 5.82 Å². The van der Waals surface area contributed by atoms with Crippen LogP contribution in [0, 0.1) is 11.7 Å². The van der Waals surface area contributed by atoms with Crippen molar-refractivity contribution in [2.24, 2.45) is 5.92 Å². The van der Waals surface area contributed by atoms with Gasteiger partial charge >= 0.3 is 0 Å². The summed E-state index contributed by atoms with van der Waals surface area (Å²) in [6.07, 6.45) is 3.89. The second-order valence-corrected chi connectivity index (χ2v) is 5.68. The van der Waals surface area contributed by atoms with Gasteiger partial charge in [-0.25, -0.2) is 4.39 Å². The molecule has 1 saturated heterocycles. The minimum atomic E-state index is -0.260. The van der Waals surface area contributed by atoms with Crippen molar-refractivity contribution in [1.82, 2.24) is 10.2 Å². The van der Waals surface area contributed by atoms with Crippen LogP contribution in [0.1, 0.15) is 25.3 Å². The first kappa shape index (κ1) is 15.7. The van der Waals surface area contributed by atoms with Crippen molar-refractivity contribution in [2.75, 3.05) is 26.7 Å². The summed E-state index contributed by atoms with van der Waals surface area (Å²) in [6, 6.07) is 6.24. The summed E-state index contributed by atoms with van der Waals surface area (Å²) in [5.41, 5.74) is 1.75. The van der Waals surface area contributed by atoms with Crippen LogP contribution in [0.4, 0.5) is 4.39 Å². The molecular weight excluding hydrogens is 267 g/mol. The van der Waals surface area contributed by atoms with Gasteiger partial charge in [0.15, 0.2) is 0 Å². The number of nitrogens with one attached hydrogen (secondary N) is 1. The lowest BCUT2D eigenvalue weighted by Gasteiger charge is -2.32. The molecule has 2 rings (SSSR count). The van der Waals surface area contributed by atoms with Crippen molar-refractivity contribution >= 4 is 11.5 Å². The molecule has 0 saturated carbocycles. The fourth-order valence-corrected chi connectivity index (χ4v) is 2.79. The Morgan fingerprint density at radius 3 is 2.81 bits per heavy atom. The second kappa shape index (κ2) is 7.36. The Balaban J connectivity index is 2.02. The van der Waals surface area contributed by atoms with Crippen molar-refractivity contribution < 1.29 is 9.18 Å². The molecule has 1 aliphatic rings. The fourth-order valence-electron chi connectivity index (χ4n) is 2.79. The van der Waals surface area contributed by atoms with Gasteiger partial charge in [-0.3, -0.25) is 4.79 Å². The highest BCUT2D eigenvalue weighted by atomic mass is 19.1. The highest BCUT2D eigenvalue weighted by molar-refractivity contribution is 5.94. The molecule has 114 valence electrons. The van der Waals surface area contributed by atoms with Crippen LogP contribution >= 0.6 is 0 Å². The lowest BCUT2D eigenvalue weighted by molar-refractivity contribution is -0.127. The van der Waals surface area contributed by atoms with Gasteiger partial charge in [0.2, 0.25) is 5.91 Å². The molecule has 0 aromatic heterocycles. The molecule has 21 heavy (non-hydrogen) atoms. The number of allylic oxidation sites excluding steroid dienone is 1.